The summed E-state index contributed by atoms with van der Waals surface area (Å²) in [6.45, 7) is 6.30. The lowest BCUT2D eigenvalue weighted by molar-refractivity contribution is 0.103. The zero-order valence-corrected chi connectivity index (χ0v) is 12.5. The Bertz CT molecular complexity index is 777. The summed E-state index contributed by atoms with van der Waals surface area (Å²) in [5.41, 5.74) is 2.60. The number of para-hydroxylation sites is 1. The van der Waals surface area contributed by atoms with Gasteiger partial charge in [0.2, 0.25) is 5.78 Å². The smallest absolute Gasteiger partial charge is 0.223 e. The van der Waals surface area contributed by atoms with Gasteiger partial charge in [0.1, 0.15) is 0 Å². The van der Waals surface area contributed by atoms with Crippen LogP contribution in [0.15, 0.2) is 35.8 Å². The molecule has 0 spiro atoms. The number of thiazole rings is 1. The molecule has 0 fully saturated rings. The number of hydrogen-bond acceptors (Lipinski definition) is 3. The van der Waals surface area contributed by atoms with Crippen LogP contribution in [-0.4, -0.2) is 15.8 Å². The summed E-state index contributed by atoms with van der Waals surface area (Å²) in [7, 11) is 0. The van der Waals surface area contributed by atoms with Crippen LogP contribution in [0.1, 0.15) is 41.8 Å². The largest absolute Gasteiger partial charge is 0.360 e. The van der Waals surface area contributed by atoms with Gasteiger partial charge < -0.3 is 4.98 Å². The first-order valence-corrected chi connectivity index (χ1v) is 7.41. The Balaban J connectivity index is 2.03. The van der Waals surface area contributed by atoms with Crippen LogP contribution in [0.3, 0.4) is 0 Å². The number of carbonyl (C=O) groups is 1. The molecule has 20 heavy (non-hydrogen) atoms. The Hall–Kier alpha value is -1.94. The van der Waals surface area contributed by atoms with Crippen LogP contribution in [0.2, 0.25) is 0 Å². The molecule has 3 rings (SSSR count). The van der Waals surface area contributed by atoms with E-state index < -0.39 is 0 Å². The minimum Gasteiger partial charge on any atom is -0.360 e. The lowest BCUT2D eigenvalue weighted by Gasteiger charge is -2.14. The third kappa shape index (κ3) is 2.16. The molecule has 0 bridgehead atoms. The quantitative estimate of drug-likeness (QED) is 0.718. The number of carbonyl (C=O) groups excluding carboxylic acids is 1. The fourth-order valence-electron chi connectivity index (χ4n) is 2.10. The van der Waals surface area contributed by atoms with Gasteiger partial charge in [0.25, 0.3) is 0 Å². The van der Waals surface area contributed by atoms with Gasteiger partial charge in [0, 0.05) is 27.9 Å². The third-order valence-corrected chi connectivity index (χ3v) is 4.14. The molecule has 0 amide bonds. The summed E-state index contributed by atoms with van der Waals surface area (Å²) in [5, 5.41) is 3.48. The number of nitrogens with zero attached hydrogens (tertiary/aromatic N) is 1. The van der Waals surface area contributed by atoms with Crippen molar-refractivity contribution in [2.24, 2.45) is 0 Å². The van der Waals surface area contributed by atoms with Crippen LogP contribution < -0.4 is 0 Å². The van der Waals surface area contributed by atoms with Crippen molar-refractivity contribution in [2.75, 3.05) is 0 Å². The number of aromatic nitrogens is 2. The van der Waals surface area contributed by atoms with Crippen LogP contribution in [0.4, 0.5) is 0 Å². The average molecular weight is 284 g/mol. The number of ketones is 1. The van der Waals surface area contributed by atoms with E-state index in [2.05, 4.69) is 30.7 Å². The molecular weight excluding hydrogens is 268 g/mol. The second-order valence-electron chi connectivity index (χ2n) is 5.86. The Kier molecular flexibility index (Phi) is 2.98. The van der Waals surface area contributed by atoms with E-state index in [4.69, 9.17) is 0 Å². The zero-order chi connectivity index (χ0) is 14.3. The van der Waals surface area contributed by atoms with Gasteiger partial charge in [-0.3, -0.25) is 4.79 Å². The van der Waals surface area contributed by atoms with Gasteiger partial charge in [0.15, 0.2) is 5.01 Å². The first-order valence-electron chi connectivity index (χ1n) is 6.53. The number of nitrogens with one attached hydrogen (secondary N) is 1. The second-order valence-corrected chi connectivity index (χ2v) is 6.72. The van der Waals surface area contributed by atoms with E-state index in [1.165, 1.54) is 11.3 Å². The maximum absolute atomic E-state index is 12.6. The normalized spacial score (nSPS) is 11.9. The number of benzene rings is 1. The second kappa shape index (κ2) is 4.56. The highest BCUT2D eigenvalue weighted by atomic mass is 32.1. The number of hydrogen-bond donors (Lipinski definition) is 1. The van der Waals surface area contributed by atoms with E-state index in [1.807, 2.05) is 29.6 Å². The van der Waals surface area contributed by atoms with E-state index in [9.17, 15) is 4.79 Å². The highest BCUT2D eigenvalue weighted by molar-refractivity contribution is 7.12. The molecule has 2 heterocycles. The summed E-state index contributed by atoms with van der Waals surface area (Å²) in [4.78, 5) is 20.2. The van der Waals surface area contributed by atoms with Gasteiger partial charge >= 0.3 is 0 Å². The lowest BCUT2D eigenvalue weighted by Crippen LogP contribution is -2.12. The Morgan fingerprint density at radius 1 is 1.25 bits per heavy atom. The van der Waals surface area contributed by atoms with Crippen LogP contribution in [0, 0.1) is 0 Å². The van der Waals surface area contributed by atoms with Crippen molar-refractivity contribution >= 4 is 28.0 Å². The van der Waals surface area contributed by atoms with Crippen molar-refractivity contribution in [2.45, 2.75) is 26.2 Å². The summed E-state index contributed by atoms with van der Waals surface area (Å²) in [5.74, 6) is -0.0112. The summed E-state index contributed by atoms with van der Waals surface area (Å²) in [6, 6.07) is 7.81. The summed E-state index contributed by atoms with van der Waals surface area (Å²) in [6.07, 6.45) is 1.77. The number of aromatic amines is 1. The zero-order valence-electron chi connectivity index (χ0n) is 11.7. The first-order chi connectivity index (χ1) is 9.47. The van der Waals surface area contributed by atoms with E-state index in [0.29, 0.717) is 10.6 Å². The molecular formula is C16H16N2OS. The molecule has 1 aromatic carbocycles. The molecule has 0 saturated heterocycles. The van der Waals surface area contributed by atoms with Crippen LogP contribution >= 0.6 is 11.3 Å². The van der Waals surface area contributed by atoms with Crippen molar-refractivity contribution in [3.05, 3.63) is 52.1 Å². The van der Waals surface area contributed by atoms with Crippen molar-refractivity contribution in [1.82, 2.24) is 9.97 Å². The predicted molar refractivity (Wildman–Crippen MR) is 82.5 cm³/mol. The third-order valence-electron chi connectivity index (χ3n) is 3.30. The molecule has 4 heteroatoms. The molecule has 1 N–H and O–H groups in total. The number of fused-ring (bicyclic) bond motifs is 1. The van der Waals surface area contributed by atoms with Gasteiger partial charge in [-0.05, 0) is 6.07 Å². The fourth-order valence-corrected chi connectivity index (χ4v) is 3.09. The fraction of sp³-hybridized carbons (Fsp3) is 0.250. The molecule has 0 atom stereocenters. The molecule has 0 aliphatic rings. The van der Waals surface area contributed by atoms with Crippen molar-refractivity contribution in [3.8, 4) is 0 Å². The van der Waals surface area contributed by atoms with Crippen molar-refractivity contribution < 1.29 is 4.79 Å². The number of rotatable bonds is 2. The van der Waals surface area contributed by atoms with Gasteiger partial charge in [-0.15, -0.1) is 11.3 Å². The highest BCUT2D eigenvalue weighted by Crippen LogP contribution is 2.27. The maximum Gasteiger partial charge on any atom is 0.223 e. The molecule has 3 nitrogen and oxygen atoms in total. The lowest BCUT2D eigenvalue weighted by atomic mass is 9.93. The molecule has 2 aromatic heterocycles. The van der Waals surface area contributed by atoms with Crippen molar-refractivity contribution in [3.63, 3.8) is 0 Å². The van der Waals surface area contributed by atoms with Gasteiger partial charge in [-0.2, -0.15) is 0 Å². The predicted octanol–water partition coefficient (Wildman–Crippen LogP) is 4.15. The van der Waals surface area contributed by atoms with Gasteiger partial charge in [-0.1, -0.05) is 39.0 Å². The number of H-pyrrole nitrogens is 1. The molecule has 3 aromatic rings. The van der Waals surface area contributed by atoms with E-state index in [0.717, 1.165) is 16.6 Å². The first kappa shape index (κ1) is 13.1. The van der Waals surface area contributed by atoms with E-state index in [1.54, 1.807) is 6.20 Å². The van der Waals surface area contributed by atoms with Gasteiger partial charge in [0.05, 0.1) is 11.3 Å². The Morgan fingerprint density at radius 3 is 2.70 bits per heavy atom. The topological polar surface area (TPSA) is 45.8 Å². The standard InChI is InChI=1S/C16H16N2OS/c1-16(2,3)13-9-20-15(18-13)14(19)11-8-17-12-7-5-4-6-10(11)12/h4-9,17H,1-3H3. The molecule has 102 valence electrons. The summed E-state index contributed by atoms with van der Waals surface area (Å²) >= 11 is 1.42. The Labute approximate surface area is 121 Å². The molecule has 0 aliphatic heterocycles. The van der Waals surface area contributed by atoms with Crippen LogP contribution in [-0.2, 0) is 5.41 Å². The van der Waals surface area contributed by atoms with Crippen molar-refractivity contribution in [1.29, 1.82) is 0 Å². The monoisotopic (exact) mass is 284 g/mol. The Morgan fingerprint density at radius 2 is 2.00 bits per heavy atom. The van der Waals surface area contributed by atoms with Gasteiger partial charge in [-0.25, -0.2) is 4.98 Å². The SMILES string of the molecule is CC(C)(C)c1csc(C(=O)c2c[nH]c3ccccc23)n1. The van der Waals surface area contributed by atoms with Crippen LogP contribution in [0.5, 0.6) is 0 Å². The molecule has 0 aliphatic carbocycles. The maximum atomic E-state index is 12.6. The van der Waals surface area contributed by atoms with Crippen LogP contribution in [0.25, 0.3) is 10.9 Å². The minimum atomic E-state index is -0.0325. The van der Waals surface area contributed by atoms with E-state index in [-0.39, 0.29) is 11.2 Å². The average Bonchev–Trinajstić information content (AvgIpc) is 3.04. The molecule has 0 saturated carbocycles. The minimum absolute atomic E-state index is 0.0112. The molecule has 0 unspecified atom stereocenters. The molecule has 0 radical (unpaired) electrons. The summed E-state index contributed by atoms with van der Waals surface area (Å²) < 4.78 is 0. The highest BCUT2D eigenvalue weighted by Gasteiger charge is 2.22. The van der Waals surface area contributed by atoms with E-state index >= 15 is 0 Å².